The van der Waals surface area contributed by atoms with Crippen LogP contribution >= 0.6 is 11.8 Å². The van der Waals surface area contributed by atoms with Gasteiger partial charge in [-0.15, -0.1) is 11.8 Å². The highest BCUT2D eigenvalue weighted by Crippen LogP contribution is 2.52. The Kier molecular flexibility index (Phi) is 5.31. The van der Waals surface area contributed by atoms with Crippen LogP contribution in [0.3, 0.4) is 0 Å². The molecule has 0 bridgehead atoms. The number of carboxylic acid groups (broad SMARTS) is 1. The largest absolute Gasteiger partial charge is 0.477 e. The number of amides is 2. The van der Waals surface area contributed by atoms with Crippen molar-refractivity contribution in [3.05, 3.63) is 10.6 Å². The third kappa shape index (κ3) is 3.13. The number of hydrogen-bond acceptors (Lipinski definition) is 5. The van der Waals surface area contributed by atoms with E-state index in [-0.39, 0.29) is 40.8 Å². The summed E-state index contributed by atoms with van der Waals surface area (Å²) in [6.07, 6.45) is -0.143. The molecule has 0 aliphatic carbocycles. The first-order valence-corrected chi connectivity index (χ1v) is 10.5. The van der Waals surface area contributed by atoms with Crippen molar-refractivity contribution in [2.75, 3.05) is 34.7 Å². The van der Waals surface area contributed by atoms with E-state index >= 15 is 0 Å². The zero-order chi connectivity index (χ0) is 21.1. The number of fused-ring (bicyclic) bond motifs is 1. The van der Waals surface area contributed by atoms with E-state index < -0.39 is 18.0 Å². The molecule has 2 amide bonds. The van der Waals surface area contributed by atoms with Gasteiger partial charge in [-0.1, -0.05) is 6.92 Å². The van der Waals surface area contributed by atoms with Gasteiger partial charge < -0.3 is 24.5 Å². The molecule has 0 spiro atoms. The minimum atomic E-state index is -1.11. The molecule has 0 saturated carbocycles. The molecule has 6 atom stereocenters. The van der Waals surface area contributed by atoms with Gasteiger partial charge in [-0.3, -0.25) is 9.59 Å². The topological polar surface area (TPSA) is 98.1 Å². The molecule has 2 saturated heterocycles. The summed E-state index contributed by atoms with van der Waals surface area (Å²) in [6.45, 7) is 4.25. The Bertz CT molecular complexity index is 748. The molecule has 9 heteroatoms. The molecular weight excluding hydrogens is 382 g/mol. The summed E-state index contributed by atoms with van der Waals surface area (Å²) in [5.74, 6) is -2.05. The van der Waals surface area contributed by atoms with Crippen LogP contribution in [0.15, 0.2) is 10.6 Å². The SMILES string of the molecule is CC(O)C1C(=O)N2C(C(=O)O)=C(SC3CC(C(=O)N(C)C)[N+](C)(C)C3)C(C)[C@H]12. The fraction of sp³-hybridized carbons (Fsp3) is 0.737. The maximum absolute atomic E-state index is 12.6. The monoisotopic (exact) mass is 412 g/mol. The first kappa shape index (κ1) is 21.1. The maximum atomic E-state index is 12.6. The van der Waals surface area contributed by atoms with Gasteiger partial charge in [-0.2, -0.15) is 0 Å². The number of carbonyl (C=O) groups is 3. The van der Waals surface area contributed by atoms with Gasteiger partial charge in [0.1, 0.15) is 5.70 Å². The summed E-state index contributed by atoms with van der Waals surface area (Å²) in [7, 11) is 7.55. The van der Waals surface area contributed by atoms with E-state index in [1.165, 1.54) is 16.7 Å². The van der Waals surface area contributed by atoms with Crippen molar-refractivity contribution in [3.63, 3.8) is 0 Å². The van der Waals surface area contributed by atoms with Gasteiger partial charge in [0.15, 0.2) is 6.04 Å². The van der Waals surface area contributed by atoms with Crippen molar-refractivity contribution in [2.24, 2.45) is 11.8 Å². The van der Waals surface area contributed by atoms with Crippen molar-refractivity contribution in [1.82, 2.24) is 9.80 Å². The summed E-state index contributed by atoms with van der Waals surface area (Å²) in [5, 5.41) is 19.8. The summed E-state index contributed by atoms with van der Waals surface area (Å²) >= 11 is 1.49. The van der Waals surface area contributed by atoms with E-state index in [2.05, 4.69) is 0 Å². The maximum Gasteiger partial charge on any atom is 0.353 e. The lowest BCUT2D eigenvalue weighted by atomic mass is 9.79. The highest BCUT2D eigenvalue weighted by atomic mass is 32.2. The van der Waals surface area contributed by atoms with E-state index in [0.717, 1.165) is 6.54 Å². The standard InChI is InChI=1S/C19H29N3O5S/c1-9-14-13(10(2)23)18(25)21(14)15(19(26)27)16(9)28-11-7-12(17(24)20(3)4)22(5,6)8-11/h9-14,23H,7-8H2,1-6H3/p+1/t9?,10?,11?,12?,13?,14-/m1/s1. The normalized spacial score (nSPS) is 34.9. The summed E-state index contributed by atoms with van der Waals surface area (Å²) in [4.78, 5) is 40.6. The number of likely N-dealkylation sites (N-methyl/N-ethyl adjacent to an activating group) is 2. The Balaban J connectivity index is 1.85. The lowest BCUT2D eigenvalue weighted by Gasteiger charge is -2.46. The second-order valence-electron chi connectivity index (χ2n) is 8.96. The molecule has 2 N–H and O–H groups in total. The average Bonchev–Trinajstić information content (AvgIpc) is 2.99. The first-order chi connectivity index (χ1) is 12.9. The van der Waals surface area contributed by atoms with Crippen LogP contribution in [0.5, 0.6) is 0 Å². The summed E-state index contributed by atoms with van der Waals surface area (Å²) < 4.78 is 0.557. The summed E-state index contributed by atoms with van der Waals surface area (Å²) in [5.41, 5.74) is 0.0529. The van der Waals surface area contributed by atoms with Gasteiger partial charge in [-0.25, -0.2) is 4.79 Å². The molecule has 3 heterocycles. The Labute approximate surface area is 169 Å². The molecule has 28 heavy (non-hydrogen) atoms. The fourth-order valence-electron chi connectivity index (χ4n) is 4.90. The molecule has 3 aliphatic rings. The molecular formula is C19H30N3O5S+. The van der Waals surface area contributed by atoms with Crippen molar-refractivity contribution >= 4 is 29.5 Å². The molecule has 5 unspecified atom stereocenters. The molecule has 2 fully saturated rings. The van der Waals surface area contributed by atoms with Crippen molar-refractivity contribution in [3.8, 4) is 0 Å². The van der Waals surface area contributed by atoms with E-state index in [1.54, 1.807) is 25.9 Å². The third-order valence-electron chi connectivity index (χ3n) is 6.33. The van der Waals surface area contributed by atoms with Crippen LogP contribution < -0.4 is 0 Å². The van der Waals surface area contributed by atoms with Crippen molar-refractivity contribution < 1.29 is 29.1 Å². The lowest BCUT2D eigenvalue weighted by Crippen LogP contribution is -2.63. The minimum Gasteiger partial charge on any atom is -0.477 e. The Morgan fingerprint density at radius 1 is 1.32 bits per heavy atom. The Morgan fingerprint density at radius 2 is 1.93 bits per heavy atom. The van der Waals surface area contributed by atoms with Crippen LogP contribution in [0, 0.1) is 11.8 Å². The predicted molar refractivity (Wildman–Crippen MR) is 105 cm³/mol. The van der Waals surface area contributed by atoms with Gasteiger partial charge in [0, 0.05) is 31.3 Å². The number of nitrogens with zero attached hydrogens (tertiary/aromatic N) is 3. The average molecular weight is 413 g/mol. The van der Waals surface area contributed by atoms with E-state index in [9.17, 15) is 24.6 Å². The van der Waals surface area contributed by atoms with Crippen LogP contribution in [-0.4, -0.2) is 100 Å². The van der Waals surface area contributed by atoms with Crippen molar-refractivity contribution in [1.29, 1.82) is 0 Å². The van der Waals surface area contributed by atoms with Crippen LogP contribution in [-0.2, 0) is 14.4 Å². The number of aliphatic hydroxyl groups is 1. The van der Waals surface area contributed by atoms with Gasteiger partial charge in [0.25, 0.3) is 5.91 Å². The molecule has 0 aromatic heterocycles. The smallest absolute Gasteiger partial charge is 0.353 e. The second kappa shape index (κ2) is 7.03. The number of hydrogen-bond donors (Lipinski definition) is 2. The van der Waals surface area contributed by atoms with E-state index in [1.807, 2.05) is 21.0 Å². The van der Waals surface area contributed by atoms with Gasteiger partial charge in [0.2, 0.25) is 5.91 Å². The predicted octanol–water partition coefficient (Wildman–Crippen LogP) is 0.179. The van der Waals surface area contributed by atoms with Crippen molar-refractivity contribution in [2.45, 2.75) is 43.7 Å². The molecule has 3 aliphatic heterocycles. The number of rotatable bonds is 5. The molecule has 0 radical (unpaired) electrons. The number of aliphatic hydroxyl groups excluding tert-OH is 1. The molecule has 3 rings (SSSR count). The Morgan fingerprint density at radius 3 is 2.43 bits per heavy atom. The van der Waals surface area contributed by atoms with Gasteiger partial charge >= 0.3 is 5.97 Å². The highest BCUT2D eigenvalue weighted by molar-refractivity contribution is 8.03. The molecule has 8 nitrogen and oxygen atoms in total. The number of carboxylic acids is 1. The first-order valence-electron chi connectivity index (χ1n) is 9.57. The molecule has 156 valence electrons. The lowest BCUT2D eigenvalue weighted by molar-refractivity contribution is -0.893. The van der Waals surface area contributed by atoms with Gasteiger partial charge in [0.05, 0.1) is 44.0 Å². The number of carbonyl (C=O) groups excluding carboxylic acids is 2. The number of aliphatic carboxylic acids is 1. The molecule has 0 aromatic rings. The second-order valence-corrected chi connectivity index (χ2v) is 10.3. The third-order valence-corrected chi connectivity index (χ3v) is 7.83. The fourth-order valence-corrected chi connectivity index (χ4v) is 6.65. The molecule has 0 aromatic carbocycles. The van der Waals surface area contributed by atoms with Crippen LogP contribution in [0.2, 0.25) is 0 Å². The quantitative estimate of drug-likeness (QED) is 0.494. The zero-order valence-corrected chi connectivity index (χ0v) is 18.1. The number of quaternary nitrogens is 1. The van der Waals surface area contributed by atoms with Crippen LogP contribution in [0.4, 0.5) is 0 Å². The van der Waals surface area contributed by atoms with Gasteiger partial charge in [-0.05, 0) is 6.92 Å². The van der Waals surface area contributed by atoms with E-state index in [0.29, 0.717) is 15.8 Å². The Hall–Kier alpha value is -1.58. The minimum absolute atomic E-state index is 0.0529. The van der Waals surface area contributed by atoms with E-state index in [4.69, 9.17) is 0 Å². The van der Waals surface area contributed by atoms with Crippen LogP contribution in [0.1, 0.15) is 20.3 Å². The highest BCUT2D eigenvalue weighted by Gasteiger charge is 2.60. The number of β-lactam (4-membered cyclic amide) rings is 1. The summed E-state index contributed by atoms with van der Waals surface area (Å²) in [6, 6.07) is -0.467. The number of likely N-dealkylation sites (tertiary alicyclic amines) is 1. The zero-order valence-electron chi connectivity index (χ0n) is 17.2. The van der Waals surface area contributed by atoms with Crippen LogP contribution in [0.25, 0.3) is 0 Å². The number of thioether (sulfide) groups is 1.